The van der Waals surface area contributed by atoms with E-state index in [9.17, 15) is 0 Å². The summed E-state index contributed by atoms with van der Waals surface area (Å²) >= 11 is -0.716. The molecular formula is C44H31IN3O2-. The molecule has 0 aliphatic heterocycles. The molecule has 5 nitrogen and oxygen atoms in total. The topological polar surface area (TPSA) is 65.0 Å². The van der Waals surface area contributed by atoms with Gasteiger partial charge in [-0.15, -0.1) is 0 Å². The van der Waals surface area contributed by atoms with Crippen LogP contribution in [0.25, 0.3) is 55.0 Å². The van der Waals surface area contributed by atoms with Crippen LogP contribution in [0.15, 0.2) is 136 Å². The van der Waals surface area contributed by atoms with Crippen molar-refractivity contribution in [2.75, 3.05) is 0 Å². The quantitative estimate of drug-likeness (QED) is 0.167. The van der Waals surface area contributed by atoms with Gasteiger partial charge in [0.25, 0.3) is 0 Å². The maximum absolute atomic E-state index is 6.22. The van der Waals surface area contributed by atoms with Crippen molar-refractivity contribution in [2.24, 2.45) is 0 Å². The van der Waals surface area contributed by atoms with E-state index in [1.807, 2.05) is 24.3 Å². The molecule has 0 spiro atoms. The van der Waals surface area contributed by atoms with E-state index in [2.05, 4.69) is 117 Å². The fourth-order valence-corrected chi connectivity index (χ4v) is 10.2. The minimum absolute atomic E-state index is 0.0499. The van der Waals surface area contributed by atoms with E-state index in [-0.39, 0.29) is 5.41 Å². The first-order valence-electron chi connectivity index (χ1n) is 16.9. The summed E-state index contributed by atoms with van der Waals surface area (Å²) in [7, 11) is 0. The zero-order valence-electron chi connectivity index (χ0n) is 27.6. The van der Waals surface area contributed by atoms with Crippen LogP contribution in [0.5, 0.6) is 0 Å². The van der Waals surface area contributed by atoms with Gasteiger partial charge in [0.15, 0.2) is 0 Å². The molecule has 0 bridgehead atoms. The van der Waals surface area contributed by atoms with E-state index in [0.717, 1.165) is 70.5 Å². The molecule has 0 N–H and O–H groups in total. The molecular weight excluding hydrogens is 729 g/mol. The third-order valence-corrected chi connectivity index (χ3v) is 12.5. The molecule has 50 heavy (non-hydrogen) atoms. The first-order valence-corrected chi connectivity index (χ1v) is 19.1. The number of nitrogens with zero attached hydrogens (tertiary/aromatic N) is 3. The van der Waals surface area contributed by atoms with Crippen LogP contribution in [0.3, 0.4) is 0 Å². The first kappa shape index (κ1) is 29.6. The summed E-state index contributed by atoms with van der Waals surface area (Å²) in [6, 6.07) is 44.9. The number of rotatable bonds is 6. The van der Waals surface area contributed by atoms with Gasteiger partial charge in [0, 0.05) is 0 Å². The van der Waals surface area contributed by atoms with E-state index in [1.165, 1.54) is 25.8 Å². The molecule has 3 aromatic heterocycles. The molecule has 0 saturated carbocycles. The Hall–Kier alpha value is -5.34. The Morgan fingerprint density at radius 3 is 1.70 bits per heavy atom. The second-order valence-electron chi connectivity index (χ2n) is 13.6. The summed E-state index contributed by atoms with van der Waals surface area (Å²) in [5.74, 6) is 1.55. The van der Waals surface area contributed by atoms with Gasteiger partial charge in [-0.2, -0.15) is 0 Å². The van der Waals surface area contributed by atoms with Crippen molar-refractivity contribution in [1.29, 1.82) is 0 Å². The van der Waals surface area contributed by atoms with Crippen molar-refractivity contribution in [3.63, 3.8) is 0 Å². The van der Waals surface area contributed by atoms with E-state index in [0.29, 0.717) is 12.8 Å². The molecule has 9 aromatic rings. The van der Waals surface area contributed by atoms with E-state index < -0.39 is 21.2 Å². The number of halogens is 1. The maximum atomic E-state index is 6.22. The molecule has 10 rings (SSSR count). The molecule has 1 aliphatic rings. The predicted octanol–water partition coefficient (Wildman–Crippen LogP) is 7.29. The molecule has 242 valence electrons. The van der Waals surface area contributed by atoms with Gasteiger partial charge in [-0.3, -0.25) is 0 Å². The summed E-state index contributed by atoms with van der Waals surface area (Å²) in [6.45, 7) is 4.66. The Morgan fingerprint density at radius 1 is 0.520 bits per heavy atom. The third kappa shape index (κ3) is 4.84. The number of furan rings is 2. The fraction of sp³-hybridized carbons (Fsp3) is 0.114. The molecule has 0 fully saturated rings. The van der Waals surface area contributed by atoms with Crippen LogP contribution in [0, 0.1) is 7.40 Å². The molecule has 0 saturated heterocycles. The van der Waals surface area contributed by atoms with E-state index in [4.69, 9.17) is 23.8 Å². The summed E-state index contributed by atoms with van der Waals surface area (Å²) in [4.78, 5) is 15.4. The molecule has 0 radical (unpaired) electrons. The number of aromatic nitrogens is 3. The van der Waals surface area contributed by atoms with Crippen molar-refractivity contribution < 1.29 is 30.0 Å². The second kappa shape index (κ2) is 11.4. The second-order valence-corrected chi connectivity index (χ2v) is 16.2. The number of hydrogen-bond donors (Lipinski definition) is 0. The van der Waals surface area contributed by atoms with Crippen LogP contribution in [-0.2, 0) is 18.3 Å². The summed E-state index contributed by atoms with van der Waals surface area (Å²) in [5.41, 5.74) is 11.2. The fourth-order valence-electron chi connectivity index (χ4n) is 7.64. The first-order chi connectivity index (χ1) is 24.5. The third-order valence-electron chi connectivity index (χ3n) is 10.1. The van der Waals surface area contributed by atoms with Gasteiger partial charge in [-0.25, -0.2) is 0 Å². The van der Waals surface area contributed by atoms with Gasteiger partial charge in [0.05, 0.1) is 0 Å². The van der Waals surface area contributed by atoms with Gasteiger partial charge in [-0.05, 0) is 0 Å². The van der Waals surface area contributed by atoms with Crippen LogP contribution >= 0.6 is 0 Å². The van der Waals surface area contributed by atoms with Crippen LogP contribution < -0.4 is 21.2 Å². The molecule has 0 unspecified atom stereocenters. The number of fused-ring (bicyclic) bond motifs is 9. The zero-order chi connectivity index (χ0) is 33.4. The Balaban J connectivity index is 1.05. The van der Waals surface area contributed by atoms with Crippen LogP contribution in [0.2, 0.25) is 0 Å². The SMILES string of the molecule is CC1(C)c2ccccc2-c2c([I-]c3nc(Cc4ccc5c(c4)oc4ccccc45)nc(Cc4ccc5c(c4)oc4ccccc45)n3)cccc21. The van der Waals surface area contributed by atoms with Gasteiger partial charge < -0.3 is 0 Å². The summed E-state index contributed by atoms with van der Waals surface area (Å²) in [6.07, 6.45) is 1.18. The molecule has 6 heteroatoms. The summed E-state index contributed by atoms with van der Waals surface area (Å²) < 4.78 is 14.7. The van der Waals surface area contributed by atoms with Crippen molar-refractivity contribution in [1.82, 2.24) is 15.0 Å². The molecule has 0 amide bonds. The number of hydrogen-bond acceptors (Lipinski definition) is 5. The van der Waals surface area contributed by atoms with Crippen LogP contribution in [-0.4, -0.2) is 15.0 Å². The Morgan fingerprint density at radius 2 is 1.06 bits per heavy atom. The molecule has 3 heterocycles. The van der Waals surface area contributed by atoms with Crippen molar-refractivity contribution in [3.8, 4) is 11.1 Å². The average Bonchev–Trinajstić information content (AvgIpc) is 3.76. The van der Waals surface area contributed by atoms with Gasteiger partial charge in [-0.1, -0.05) is 0 Å². The van der Waals surface area contributed by atoms with Crippen molar-refractivity contribution in [3.05, 3.63) is 169 Å². The van der Waals surface area contributed by atoms with Gasteiger partial charge in [0.1, 0.15) is 0 Å². The van der Waals surface area contributed by atoms with E-state index in [1.54, 1.807) is 0 Å². The molecule has 6 aromatic carbocycles. The minimum atomic E-state index is -0.716. The number of benzene rings is 6. The standard InChI is InChI=1S/C44H31IN3O2/c1-44(2)33-13-6-3-12-32(33)42-34(44)14-9-15-35(42)45-43-47-40(24-26-18-20-30-28-10-4-7-16-36(28)49-38(30)22-26)46-41(48-43)25-27-19-21-31-29-11-5-8-17-37(29)50-39(31)23-27/h3-23H,24-25H2,1-2H3/q-1. The molecule has 0 atom stereocenters. The van der Waals surface area contributed by atoms with Crippen molar-refractivity contribution >= 4 is 43.9 Å². The number of para-hydroxylation sites is 2. The normalized spacial score (nSPS) is 13.5. The van der Waals surface area contributed by atoms with Gasteiger partial charge >= 0.3 is 301 Å². The summed E-state index contributed by atoms with van der Waals surface area (Å²) in [5, 5.41) is 4.50. The Bertz CT molecular complexity index is 2660. The molecule has 1 aliphatic carbocycles. The monoisotopic (exact) mass is 760 g/mol. The zero-order valence-corrected chi connectivity index (χ0v) is 29.7. The predicted molar refractivity (Wildman–Crippen MR) is 194 cm³/mol. The van der Waals surface area contributed by atoms with E-state index >= 15 is 0 Å². The average molecular weight is 761 g/mol. The van der Waals surface area contributed by atoms with Crippen molar-refractivity contribution in [2.45, 2.75) is 32.1 Å². The van der Waals surface area contributed by atoms with Crippen LogP contribution in [0.1, 0.15) is 47.8 Å². The Kier molecular flexibility index (Phi) is 6.71. The Labute approximate surface area is 299 Å². The van der Waals surface area contributed by atoms with Crippen LogP contribution in [0.4, 0.5) is 0 Å². The van der Waals surface area contributed by atoms with Gasteiger partial charge in [0.2, 0.25) is 0 Å².